The van der Waals surface area contributed by atoms with Gasteiger partial charge in [-0.05, 0) is 39.3 Å². The predicted octanol–water partition coefficient (Wildman–Crippen LogP) is 1.12. The van der Waals surface area contributed by atoms with E-state index in [0.717, 1.165) is 19.6 Å². The van der Waals surface area contributed by atoms with Crippen LogP contribution in [-0.4, -0.2) is 49.6 Å². The number of carbonyl (C=O) groups is 1. The molecule has 2 N–H and O–H groups in total. The number of hydrogen-bond donors (Lipinski definition) is 2. The van der Waals surface area contributed by atoms with E-state index >= 15 is 0 Å². The van der Waals surface area contributed by atoms with Crippen LogP contribution in [0.3, 0.4) is 0 Å². The maximum Gasteiger partial charge on any atom is 0.221 e. The van der Waals surface area contributed by atoms with Crippen LogP contribution in [0.1, 0.15) is 44.9 Å². The van der Waals surface area contributed by atoms with Gasteiger partial charge in [-0.15, -0.1) is 0 Å². The Kier molecular flexibility index (Phi) is 5.45. The van der Waals surface area contributed by atoms with E-state index in [0.29, 0.717) is 18.5 Å². The summed E-state index contributed by atoms with van der Waals surface area (Å²) in [5, 5.41) is 6.50. The fourth-order valence-corrected chi connectivity index (χ4v) is 3.12. The minimum absolute atomic E-state index is 0.244. The Morgan fingerprint density at radius 3 is 2.61 bits per heavy atom. The molecule has 0 aromatic heterocycles. The van der Waals surface area contributed by atoms with E-state index in [9.17, 15) is 4.79 Å². The Balaban J connectivity index is 1.62. The van der Waals surface area contributed by atoms with E-state index in [1.54, 1.807) is 0 Å². The van der Waals surface area contributed by atoms with Crippen molar-refractivity contribution in [1.29, 1.82) is 0 Å². The van der Waals surface area contributed by atoms with Crippen LogP contribution in [0.15, 0.2) is 0 Å². The molecule has 1 saturated carbocycles. The van der Waals surface area contributed by atoms with Crippen LogP contribution in [0, 0.1) is 0 Å². The third kappa shape index (κ3) is 4.25. The van der Waals surface area contributed by atoms with Crippen LogP contribution in [0.4, 0.5) is 0 Å². The first kappa shape index (κ1) is 13.8. The molecule has 0 bridgehead atoms. The van der Waals surface area contributed by atoms with E-state index in [1.165, 1.54) is 38.5 Å². The summed E-state index contributed by atoms with van der Waals surface area (Å²) in [6, 6.07) is 1.07. The molecule has 0 aromatic rings. The topological polar surface area (TPSA) is 44.4 Å². The van der Waals surface area contributed by atoms with Gasteiger partial charge in [0.2, 0.25) is 5.91 Å². The molecule has 0 aromatic carbocycles. The zero-order valence-electron chi connectivity index (χ0n) is 11.6. The normalized spacial score (nSPS) is 26.4. The molecule has 0 spiro atoms. The Bertz CT molecular complexity index is 264. The maximum atomic E-state index is 11.8. The van der Waals surface area contributed by atoms with Crippen molar-refractivity contribution in [3.05, 3.63) is 0 Å². The summed E-state index contributed by atoms with van der Waals surface area (Å²) in [6.07, 6.45) is 8.08. The number of carbonyl (C=O) groups excluding carboxylic acids is 1. The SMILES string of the molecule is CNC1CCCN(CCC(=O)NC2CCCC2)C1. The highest BCUT2D eigenvalue weighted by molar-refractivity contribution is 5.76. The predicted molar refractivity (Wildman–Crippen MR) is 73.5 cm³/mol. The highest BCUT2D eigenvalue weighted by atomic mass is 16.1. The summed E-state index contributed by atoms with van der Waals surface area (Å²) in [6.45, 7) is 3.15. The molecule has 2 fully saturated rings. The van der Waals surface area contributed by atoms with Gasteiger partial charge in [0.05, 0.1) is 0 Å². The molecule has 18 heavy (non-hydrogen) atoms. The van der Waals surface area contributed by atoms with Crippen molar-refractivity contribution in [3.8, 4) is 0 Å². The molecular formula is C14H27N3O. The van der Waals surface area contributed by atoms with Crippen molar-refractivity contribution in [2.45, 2.75) is 57.0 Å². The molecule has 4 heteroatoms. The number of nitrogens with zero attached hydrogens (tertiary/aromatic N) is 1. The van der Waals surface area contributed by atoms with E-state index < -0.39 is 0 Å². The minimum atomic E-state index is 0.244. The summed E-state index contributed by atoms with van der Waals surface area (Å²) in [4.78, 5) is 14.3. The zero-order chi connectivity index (χ0) is 12.8. The van der Waals surface area contributed by atoms with Gasteiger partial charge < -0.3 is 15.5 Å². The fourth-order valence-electron chi connectivity index (χ4n) is 3.12. The molecule has 1 aliphatic carbocycles. The smallest absolute Gasteiger partial charge is 0.221 e. The summed E-state index contributed by atoms with van der Waals surface area (Å²) < 4.78 is 0. The number of likely N-dealkylation sites (tertiary alicyclic amines) is 1. The molecule has 1 aliphatic heterocycles. The maximum absolute atomic E-state index is 11.8. The summed E-state index contributed by atoms with van der Waals surface area (Å²) >= 11 is 0. The molecule has 1 heterocycles. The van der Waals surface area contributed by atoms with Gasteiger partial charge in [-0.3, -0.25) is 4.79 Å². The van der Waals surface area contributed by atoms with Crippen molar-refractivity contribution in [3.63, 3.8) is 0 Å². The van der Waals surface area contributed by atoms with Gasteiger partial charge in [0.25, 0.3) is 0 Å². The van der Waals surface area contributed by atoms with Crippen LogP contribution in [0.25, 0.3) is 0 Å². The average Bonchev–Trinajstić information content (AvgIpc) is 2.89. The number of likely N-dealkylation sites (N-methyl/N-ethyl adjacent to an activating group) is 1. The Morgan fingerprint density at radius 1 is 1.17 bits per heavy atom. The van der Waals surface area contributed by atoms with Crippen LogP contribution in [-0.2, 0) is 4.79 Å². The second kappa shape index (κ2) is 7.10. The van der Waals surface area contributed by atoms with E-state index in [-0.39, 0.29) is 5.91 Å². The van der Waals surface area contributed by atoms with Gasteiger partial charge >= 0.3 is 0 Å². The first-order valence-electron chi connectivity index (χ1n) is 7.47. The standard InChI is InChI=1S/C14H27N3O/c1-15-13-7-4-9-17(11-13)10-8-14(18)16-12-5-2-3-6-12/h12-13,15H,2-11H2,1H3,(H,16,18). The van der Waals surface area contributed by atoms with Gasteiger partial charge in [0.1, 0.15) is 0 Å². The lowest BCUT2D eigenvalue weighted by Gasteiger charge is -2.32. The second-order valence-electron chi connectivity index (χ2n) is 5.73. The lowest BCUT2D eigenvalue weighted by atomic mass is 10.1. The lowest BCUT2D eigenvalue weighted by molar-refractivity contribution is -0.122. The number of rotatable bonds is 5. The summed E-state index contributed by atoms with van der Waals surface area (Å²) in [5.74, 6) is 0.244. The number of amides is 1. The molecule has 104 valence electrons. The van der Waals surface area contributed by atoms with Crippen molar-refractivity contribution >= 4 is 5.91 Å². The quantitative estimate of drug-likeness (QED) is 0.772. The van der Waals surface area contributed by atoms with Crippen molar-refractivity contribution < 1.29 is 4.79 Å². The molecule has 1 atom stereocenters. The van der Waals surface area contributed by atoms with Crippen molar-refractivity contribution in [1.82, 2.24) is 15.5 Å². The fraction of sp³-hybridized carbons (Fsp3) is 0.929. The van der Waals surface area contributed by atoms with Crippen molar-refractivity contribution in [2.75, 3.05) is 26.7 Å². The van der Waals surface area contributed by atoms with Crippen molar-refractivity contribution in [2.24, 2.45) is 0 Å². The van der Waals surface area contributed by atoms with Gasteiger partial charge in [0, 0.05) is 31.6 Å². The Labute approximate surface area is 110 Å². The average molecular weight is 253 g/mol. The monoisotopic (exact) mass is 253 g/mol. The summed E-state index contributed by atoms with van der Waals surface area (Å²) in [5.41, 5.74) is 0. The van der Waals surface area contributed by atoms with Crippen LogP contribution >= 0.6 is 0 Å². The molecular weight excluding hydrogens is 226 g/mol. The molecule has 2 aliphatic rings. The molecule has 1 unspecified atom stereocenters. The van der Waals surface area contributed by atoms with Crippen LogP contribution in [0.5, 0.6) is 0 Å². The van der Waals surface area contributed by atoms with Crippen LogP contribution in [0.2, 0.25) is 0 Å². The zero-order valence-corrected chi connectivity index (χ0v) is 11.6. The first-order chi connectivity index (χ1) is 8.78. The summed E-state index contributed by atoms with van der Waals surface area (Å²) in [7, 11) is 2.03. The second-order valence-corrected chi connectivity index (χ2v) is 5.73. The third-order valence-corrected chi connectivity index (χ3v) is 4.29. The van der Waals surface area contributed by atoms with E-state index in [2.05, 4.69) is 15.5 Å². The Hall–Kier alpha value is -0.610. The first-order valence-corrected chi connectivity index (χ1v) is 7.47. The molecule has 1 saturated heterocycles. The highest BCUT2D eigenvalue weighted by Gasteiger charge is 2.20. The molecule has 0 radical (unpaired) electrons. The van der Waals surface area contributed by atoms with Gasteiger partial charge in [-0.1, -0.05) is 12.8 Å². The number of hydrogen-bond acceptors (Lipinski definition) is 3. The molecule has 2 rings (SSSR count). The minimum Gasteiger partial charge on any atom is -0.353 e. The number of piperidine rings is 1. The van der Waals surface area contributed by atoms with E-state index in [4.69, 9.17) is 0 Å². The molecule has 1 amide bonds. The lowest BCUT2D eigenvalue weighted by Crippen LogP contribution is -2.45. The molecule has 4 nitrogen and oxygen atoms in total. The van der Waals surface area contributed by atoms with Gasteiger partial charge in [-0.2, -0.15) is 0 Å². The third-order valence-electron chi connectivity index (χ3n) is 4.29. The number of nitrogens with one attached hydrogen (secondary N) is 2. The van der Waals surface area contributed by atoms with Gasteiger partial charge in [0.15, 0.2) is 0 Å². The Morgan fingerprint density at radius 2 is 1.89 bits per heavy atom. The van der Waals surface area contributed by atoms with E-state index in [1.807, 2.05) is 7.05 Å². The highest BCUT2D eigenvalue weighted by Crippen LogP contribution is 2.17. The largest absolute Gasteiger partial charge is 0.353 e. The van der Waals surface area contributed by atoms with Crippen LogP contribution < -0.4 is 10.6 Å². The van der Waals surface area contributed by atoms with Gasteiger partial charge in [-0.25, -0.2) is 0 Å².